The Morgan fingerprint density at radius 2 is 2.08 bits per heavy atom. The summed E-state index contributed by atoms with van der Waals surface area (Å²) in [4.78, 5) is 4.63. The second-order valence-electron chi connectivity index (χ2n) is 6.42. The molecule has 0 bridgehead atoms. The summed E-state index contributed by atoms with van der Waals surface area (Å²) in [5.74, 6) is 0.533. The standard InChI is InChI=1S/C19H20ClN3O/c1-19(24,15-7-3-4-8-16(15)20)12-22-18-14(11-21)10-13-6-2-5-9-17(13)23-18/h3-4,7-8,10,24H,2,5-6,9,12H2,1H3,(H,22,23). The van der Waals surface area contributed by atoms with Gasteiger partial charge in [0.2, 0.25) is 0 Å². The number of hydrogen-bond donors (Lipinski definition) is 2. The van der Waals surface area contributed by atoms with E-state index < -0.39 is 5.60 Å². The number of hydrogen-bond acceptors (Lipinski definition) is 4. The zero-order valence-electron chi connectivity index (χ0n) is 13.6. The first kappa shape index (κ1) is 16.8. The van der Waals surface area contributed by atoms with Gasteiger partial charge in [0, 0.05) is 22.8 Å². The van der Waals surface area contributed by atoms with Crippen LogP contribution in [0.25, 0.3) is 0 Å². The average molecular weight is 342 g/mol. The summed E-state index contributed by atoms with van der Waals surface area (Å²) in [5, 5.41) is 23.8. The van der Waals surface area contributed by atoms with Gasteiger partial charge >= 0.3 is 0 Å². The van der Waals surface area contributed by atoms with E-state index >= 15 is 0 Å². The summed E-state index contributed by atoms with van der Waals surface area (Å²) in [6.07, 6.45) is 4.20. The molecule has 1 unspecified atom stereocenters. The summed E-state index contributed by atoms with van der Waals surface area (Å²) < 4.78 is 0. The maximum absolute atomic E-state index is 10.8. The lowest BCUT2D eigenvalue weighted by Crippen LogP contribution is -2.31. The van der Waals surface area contributed by atoms with Gasteiger partial charge in [-0.25, -0.2) is 4.98 Å². The number of nitriles is 1. The van der Waals surface area contributed by atoms with Gasteiger partial charge in [-0.15, -0.1) is 0 Å². The Morgan fingerprint density at radius 1 is 1.33 bits per heavy atom. The highest BCUT2D eigenvalue weighted by Crippen LogP contribution is 2.29. The number of nitrogens with one attached hydrogen (secondary N) is 1. The average Bonchev–Trinajstić information content (AvgIpc) is 2.59. The zero-order chi connectivity index (χ0) is 17.2. The largest absolute Gasteiger partial charge is 0.384 e. The van der Waals surface area contributed by atoms with Crippen LogP contribution in [0.5, 0.6) is 0 Å². The summed E-state index contributed by atoms with van der Waals surface area (Å²) in [6.45, 7) is 1.92. The molecule has 4 nitrogen and oxygen atoms in total. The van der Waals surface area contributed by atoms with Gasteiger partial charge in [0.1, 0.15) is 17.5 Å². The third kappa shape index (κ3) is 3.38. The quantitative estimate of drug-likeness (QED) is 0.887. The number of pyridine rings is 1. The van der Waals surface area contributed by atoms with Crippen molar-refractivity contribution in [2.75, 3.05) is 11.9 Å². The molecule has 0 aliphatic heterocycles. The van der Waals surface area contributed by atoms with Crippen LogP contribution in [0.3, 0.4) is 0 Å². The molecule has 0 saturated heterocycles. The highest BCUT2D eigenvalue weighted by molar-refractivity contribution is 6.31. The fraction of sp³-hybridized carbons (Fsp3) is 0.368. The third-order valence-electron chi connectivity index (χ3n) is 4.48. The second kappa shape index (κ2) is 6.80. The van der Waals surface area contributed by atoms with Crippen LogP contribution in [0.15, 0.2) is 30.3 Å². The smallest absolute Gasteiger partial charge is 0.144 e. The Balaban J connectivity index is 1.84. The first-order valence-corrected chi connectivity index (χ1v) is 8.53. The molecule has 0 amide bonds. The number of aryl methyl sites for hydroxylation is 2. The molecule has 0 radical (unpaired) electrons. The molecule has 124 valence electrons. The minimum absolute atomic E-state index is 0.219. The van der Waals surface area contributed by atoms with Crippen molar-refractivity contribution in [3.63, 3.8) is 0 Å². The van der Waals surface area contributed by atoms with Crippen molar-refractivity contribution in [2.24, 2.45) is 0 Å². The van der Waals surface area contributed by atoms with Gasteiger partial charge in [-0.2, -0.15) is 5.26 Å². The van der Waals surface area contributed by atoms with E-state index in [0.717, 1.165) is 31.4 Å². The van der Waals surface area contributed by atoms with Gasteiger partial charge < -0.3 is 10.4 Å². The number of aliphatic hydroxyl groups is 1. The fourth-order valence-electron chi connectivity index (χ4n) is 3.10. The Kier molecular flexibility index (Phi) is 4.75. The predicted molar refractivity (Wildman–Crippen MR) is 95.1 cm³/mol. The topological polar surface area (TPSA) is 68.9 Å². The molecule has 1 atom stereocenters. The molecule has 1 aromatic heterocycles. The fourth-order valence-corrected chi connectivity index (χ4v) is 3.44. The molecule has 5 heteroatoms. The summed E-state index contributed by atoms with van der Waals surface area (Å²) in [6, 6.07) is 11.3. The molecule has 0 saturated carbocycles. The van der Waals surface area contributed by atoms with Crippen LogP contribution in [0.2, 0.25) is 5.02 Å². The van der Waals surface area contributed by atoms with Crippen LogP contribution in [0.1, 0.15) is 42.1 Å². The van der Waals surface area contributed by atoms with Gasteiger partial charge in [0.15, 0.2) is 0 Å². The van der Waals surface area contributed by atoms with E-state index in [0.29, 0.717) is 22.0 Å². The van der Waals surface area contributed by atoms with Crippen LogP contribution in [-0.4, -0.2) is 16.6 Å². The Hall–Kier alpha value is -2.09. The summed E-state index contributed by atoms with van der Waals surface area (Å²) in [7, 11) is 0. The van der Waals surface area contributed by atoms with Gasteiger partial charge in [-0.3, -0.25) is 0 Å². The number of halogens is 1. The monoisotopic (exact) mass is 341 g/mol. The van der Waals surface area contributed by atoms with Crippen molar-refractivity contribution < 1.29 is 5.11 Å². The van der Waals surface area contributed by atoms with Crippen LogP contribution in [0.4, 0.5) is 5.82 Å². The van der Waals surface area contributed by atoms with E-state index in [1.54, 1.807) is 19.1 Å². The molecule has 1 aliphatic rings. The van der Waals surface area contributed by atoms with Crippen molar-refractivity contribution in [3.8, 4) is 6.07 Å². The van der Waals surface area contributed by atoms with Crippen molar-refractivity contribution in [1.82, 2.24) is 4.98 Å². The molecule has 3 rings (SSSR count). The van der Waals surface area contributed by atoms with E-state index in [-0.39, 0.29) is 6.54 Å². The first-order chi connectivity index (χ1) is 11.5. The van der Waals surface area contributed by atoms with Gasteiger partial charge in [-0.1, -0.05) is 29.8 Å². The number of rotatable bonds is 4. The SMILES string of the molecule is CC(O)(CNc1nc2c(cc1C#N)CCCC2)c1ccccc1Cl. The number of anilines is 1. The number of nitrogens with zero attached hydrogens (tertiary/aromatic N) is 2. The van der Waals surface area contributed by atoms with Crippen molar-refractivity contribution >= 4 is 17.4 Å². The molecule has 0 spiro atoms. The van der Waals surface area contributed by atoms with E-state index in [1.165, 1.54) is 5.56 Å². The number of benzene rings is 1. The van der Waals surface area contributed by atoms with Crippen molar-refractivity contribution in [1.29, 1.82) is 5.26 Å². The van der Waals surface area contributed by atoms with Crippen LogP contribution < -0.4 is 5.32 Å². The van der Waals surface area contributed by atoms with Gasteiger partial charge in [0.25, 0.3) is 0 Å². The van der Waals surface area contributed by atoms with Crippen LogP contribution in [-0.2, 0) is 18.4 Å². The van der Waals surface area contributed by atoms with E-state index in [2.05, 4.69) is 16.4 Å². The predicted octanol–water partition coefficient (Wildman–Crippen LogP) is 3.81. The van der Waals surface area contributed by atoms with Crippen LogP contribution in [0, 0.1) is 11.3 Å². The maximum Gasteiger partial charge on any atom is 0.144 e. The molecular formula is C19H20ClN3O. The lowest BCUT2D eigenvalue weighted by Gasteiger charge is -2.26. The highest BCUT2D eigenvalue weighted by atomic mass is 35.5. The first-order valence-electron chi connectivity index (χ1n) is 8.15. The molecule has 2 aromatic rings. The minimum Gasteiger partial charge on any atom is -0.384 e. The molecular weight excluding hydrogens is 322 g/mol. The lowest BCUT2D eigenvalue weighted by atomic mass is 9.94. The second-order valence-corrected chi connectivity index (χ2v) is 6.82. The van der Waals surface area contributed by atoms with Gasteiger partial charge in [0.05, 0.1) is 5.56 Å². The summed E-state index contributed by atoms with van der Waals surface area (Å²) in [5.41, 5.74) is 2.23. The van der Waals surface area contributed by atoms with Gasteiger partial charge in [-0.05, 0) is 50.3 Å². The Labute approximate surface area is 147 Å². The van der Waals surface area contributed by atoms with E-state index in [4.69, 9.17) is 11.6 Å². The Morgan fingerprint density at radius 3 is 2.83 bits per heavy atom. The van der Waals surface area contributed by atoms with Crippen molar-refractivity contribution in [3.05, 3.63) is 57.7 Å². The van der Waals surface area contributed by atoms with E-state index in [9.17, 15) is 10.4 Å². The van der Waals surface area contributed by atoms with Crippen molar-refractivity contribution in [2.45, 2.75) is 38.2 Å². The molecule has 1 heterocycles. The molecule has 2 N–H and O–H groups in total. The third-order valence-corrected chi connectivity index (χ3v) is 4.81. The highest BCUT2D eigenvalue weighted by Gasteiger charge is 2.26. The molecule has 1 aromatic carbocycles. The number of fused-ring (bicyclic) bond motifs is 1. The maximum atomic E-state index is 10.8. The number of aromatic nitrogens is 1. The normalized spacial score (nSPS) is 15.9. The molecule has 0 fully saturated rings. The Bertz CT molecular complexity index is 796. The van der Waals surface area contributed by atoms with E-state index in [1.807, 2.05) is 18.2 Å². The lowest BCUT2D eigenvalue weighted by molar-refractivity contribution is 0.0715. The minimum atomic E-state index is -1.16. The molecule has 24 heavy (non-hydrogen) atoms. The zero-order valence-corrected chi connectivity index (χ0v) is 14.4. The molecule has 1 aliphatic carbocycles. The summed E-state index contributed by atoms with van der Waals surface area (Å²) >= 11 is 6.19. The van der Waals surface area contributed by atoms with Crippen LogP contribution >= 0.6 is 11.6 Å².